The van der Waals surface area contributed by atoms with Crippen LogP contribution >= 0.6 is 11.8 Å². The Balaban J connectivity index is 1.26. The summed E-state index contributed by atoms with van der Waals surface area (Å²) in [6.45, 7) is 6.59. The number of nitrogens with zero attached hydrogens (tertiary/aromatic N) is 5. The van der Waals surface area contributed by atoms with Crippen LogP contribution in [0.5, 0.6) is 11.5 Å². The molecule has 0 bridgehead atoms. The molecule has 10 nitrogen and oxygen atoms in total. The molecule has 252 valence electrons. The summed E-state index contributed by atoms with van der Waals surface area (Å²) < 4.78 is 69.5. The number of benzene rings is 3. The fourth-order valence-corrected chi connectivity index (χ4v) is 5.24. The van der Waals surface area contributed by atoms with Gasteiger partial charge in [0.1, 0.15) is 30.4 Å². The van der Waals surface area contributed by atoms with Crippen molar-refractivity contribution in [1.29, 1.82) is 0 Å². The lowest BCUT2D eigenvalue weighted by molar-refractivity contribution is -0.274. The van der Waals surface area contributed by atoms with Gasteiger partial charge in [-0.1, -0.05) is 36.9 Å². The first kappa shape index (κ1) is 34.4. The summed E-state index contributed by atoms with van der Waals surface area (Å²) in [7, 11) is 0. The van der Waals surface area contributed by atoms with Gasteiger partial charge in [0.25, 0.3) is 0 Å². The van der Waals surface area contributed by atoms with E-state index in [0.717, 1.165) is 12.0 Å². The quantitative estimate of drug-likeness (QED) is 0.177. The van der Waals surface area contributed by atoms with E-state index in [1.165, 1.54) is 59.2 Å². The molecule has 48 heavy (non-hydrogen) atoms. The van der Waals surface area contributed by atoms with E-state index < -0.39 is 18.2 Å². The van der Waals surface area contributed by atoms with Gasteiger partial charge in [-0.25, -0.2) is 18.9 Å². The van der Waals surface area contributed by atoms with Crippen molar-refractivity contribution in [2.45, 2.75) is 39.7 Å². The van der Waals surface area contributed by atoms with Gasteiger partial charge in [0.2, 0.25) is 0 Å². The lowest BCUT2D eigenvalue weighted by atomic mass is 10.2. The number of alkyl halides is 3. The Morgan fingerprint density at radius 2 is 1.94 bits per heavy atom. The van der Waals surface area contributed by atoms with Crippen LogP contribution in [0.25, 0.3) is 17.8 Å². The van der Waals surface area contributed by atoms with E-state index in [0.29, 0.717) is 40.2 Å². The van der Waals surface area contributed by atoms with Crippen molar-refractivity contribution in [2.75, 3.05) is 29.3 Å². The number of halogens is 4. The molecule has 1 aromatic heterocycles. The molecule has 0 aliphatic carbocycles. The summed E-state index contributed by atoms with van der Waals surface area (Å²) in [5.74, 6) is 0.451. The number of thioether (sulfide) groups is 1. The predicted molar refractivity (Wildman–Crippen MR) is 177 cm³/mol. The lowest BCUT2D eigenvalue weighted by Gasteiger charge is -2.26. The highest BCUT2D eigenvalue weighted by molar-refractivity contribution is 8.14. The zero-order valence-corrected chi connectivity index (χ0v) is 27.0. The van der Waals surface area contributed by atoms with E-state index in [1.54, 1.807) is 23.1 Å². The topological polar surface area (TPSA) is 103 Å². The Hall–Kier alpha value is -4.89. The largest absolute Gasteiger partial charge is 0.573 e. The maximum atomic E-state index is 15.1. The Morgan fingerprint density at radius 1 is 1.15 bits per heavy atom. The van der Waals surface area contributed by atoms with Gasteiger partial charge in [0.15, 0.2) is 11.0 Å². The first-order chi connectivity index (χ1) is 23.0. The van der Waals surface area contributed by atoms with Crippen LogP contribution in [0.15, 0.2) is 72.0 Å². The third kappa shape index (κ3) is 9.35. The average molecular weight is 685 g/mol. The second kappa shape index (κ2) is 15.3. The van der Waals surface area contributed by atoms with Crippen LogP contribution in [0, 0.1) is 12.7 Å². The molecule has 1 fully saturated rings. The van der Waals surface area contributed by atoms with Crippen LogP contribution in [0.2, 0.25) is 0 Å². The van der Waals surface area contributed by atoms with E-state index in [1.807, 2.05) is 39.0 Å². The second-order valence-corrected chi connectivity index (χ2v) is 11.7. The number of amides is 2. The van der Waals surface area contributed by atoms with Gasteiger partial charge in [-0.3, -0.25) is 4.90 Å². The highest BCUT2D eigenvalue weighted by Gasteiger charge is 2.31. The maximum Gasteiger partial charge on any atom is 0.573 e. The zero-order valence-electron chi connectivity index (χ0n) is 26.2. The van der Waals surface area contributed by atoms with Crippen molar-refractivity contribution >= 4 is 46.5 Å². The fraction of sp³-hybridized carbons (Fsp3) is 0.273. The molecule has 0 spiro atoms. The Bertz CT molecular complexity index is 1800. The number of carbonyl (C=O) groups excluding carboxylic acids is 1. The summed E-state index contributed by atoms with van der Waals surface area (Å²) in [5.41, 5.74) is 2.58. The standard InChI is InChI=1S/C33H32F4N6O4S/c1-4-22(3)46-29-13-5-21(2)17-28(29)42-20-45-15-16-48-32(42)40-31(44)39-27-12-6-23(18-26(27)34)7-14-30-38-19-43(41-30)24-8-10-25(11-9-24)47-33(35,36)37/h5-14,17-19,22H,4,15-16,20H2,1-3H3,(H,39,44)/b14-7+,40-32-. The molecule has 1 saturated heterocycles. The molecule has 1 unspecified atom stereocenters. The minimum Gasteiger partial charge on any atom is -0.489 e. The third-order valence-electron chi connectivity index (χ3n) is 6.92. The van der Waals surface area contributed by atoms with Gasteiger partial charge < -0.3 is 19.5 Å². The first-order valence-corrected chi connectivity index (χ1v) is 15.9. The number of aliphatic imine (C=N–C) groups is 1. The molecule has 1 aliphatic heterocycles. The number of aromatic nitrogens is 3. The van der Waals surface area contributed by atoms with Crippen LogP contribution in [0.3, 0.4) is 0 Å². The number of nitrogens with one attached hydrogen (secondary N) is 1. The number of hydrogen-bond donors (Lipinski definition) is 1. The Kier molecular flexibility index (Phi) is 11.0. The number of ether oxygens (including phenoxy) is 3. The molecule has 2 heterocycles. The molecule has 1 atom stereocenters. The van der Waals surface area contributed by atoms with Crippen LogP contribution in [0.1, 0.15) is 37.2 Å². The SMILES string of the molecule is CCC(C)Oc1ccc(C)cc1N1COCCS/C1=N\C(=O)Nc1ccc(/C=C/c2ncn(-c3ccc(OC(F)(F)F)cc3)n2)cc1F. The van der Waals surface area contributed by atoms with Gasteiger partial charge in [-0.15, -0.1) is 18.3 Å². The number of carbonyl (C=O) groups is 1. The van der Waals surface area contributed by atoms with Crippen molar-refractivity contribution in [3.63, 3.8) is 0 Å². The molecular weight excluding hydrogens is 652 g/mol. The second-order valence-electron chi connectivity index (χ2n) is 10.6. The van der Waals surface area contributed by atoms with Crippen LogP contribution in [0.4, 0.5) is 33.7 Å². The Labute approximate surface area is 278 Å². The molecule has 3 aromatic carbocycles. The smallest absolute Gasteiger partial charge is 0.489 e. The molecule has 1 N–H and O–H groups in total. The highest BCUT2D eigenvalue weighted by atomic mass is 32.2. The number of urea groups is 1. The molecular formula is C33H32F4N6O4S. The number of hydrogen-bond acceptors (Lipinski definition) is 7. The van der Waals surface area contributed by atoms with Gasteiger partial charge >= 0.3 is 12.4 Å². The minimum absolute atomic E-state index is 0.0266. The van der Waals surface area contributed by atoms with Crippen molar-refractivity contribution in [2.24, 2.45) is 4.99 Å². The molecule has 5 rings (SSSR count). The van der Waals surface area contributed by atoms with E-state index in [9.17, 15) is 18.0 Å². The molecule has 0 saturated carbocycles. The van der Waals surface area contributed by atoms with Gasteiger partial charge in [0, 0.05) is 5.75 Å². The van der Waals surface area contributed by atoms with Crippen molar-refractivity contribution in [1.82, 2.24) is 14.8 Å². The van der Waals surface area contributed by atoms with E-state index in [-0.39, 0.29) is 30.1 Å². The summed E-state index contributed by atoms with van der Waals surface area (Å²) in [6, 6.07) is 14.4. The summed E-state index contributed by atoms with van der Waals surface area (Å²) in [4.78, 5) is 23.2. The zero-order chi connectivity index (χ0) is 34.3. The lowest BCUT2D eigenvalue weighted by Crippen LogP contribution is -2.31. The fourth-order valence-electron chi connectivity index (χ4n) is 4.40. The van der Waals surface area contributed by atoms with Gasteiger partial charge in [0.05, 0.1) is 29.8 Å². The number of aryl methyl sites for hydroxylation is 1. The maximum absolute atomic E-state index is 15.1. The first-order valence-electron chi connectivity index (χ1n) is 14.9. The molecule has 0 radical (unpaired) electrons. The van der Waals surface area contributed by atoms with Crippen LogP contribution in [-0.2, 0) is 4.74 Å². The number of rotatable bonds is 9. The monoisotopic (exact) mass is 684 g/mol. The minimum atomic E-state index is -4.79. The normalized spacial score (nSPS) is 15.4. The number of anilines is 2. The molecule has 4 aromatic rings. The molecule has 15 heteroatoms. The summed E-state index contributed by atoms with van der Waals surface area (Å²) in [5, 5.41) is 7.18. The highest BCUT2D eigenvalue weighted by Crippen LogP contribution is 2.34. The van der Waals surface area contributed by atoms with E-state index >= 15 is 4.39 Å². The summed E-state index contributed by atoms with van der Waals surface area (Å²) in [6.07, 6.45) is 0.510. The predicted octanol–water partition coefficient (Wildman–Crippen LogP) is 8.08. The Morgan fingerprint density at radius 3 is 2.67 bits per heavy atom. The molecule has 2 amide bonds. The van der Waals surface area contributed by atoms with Crippen LogP contribution in [-0.4, -0.2) is 57.5 Å². The average Bonchev–Trinajstić information content (AvgIpc) is 3.40. The van der Waals surface area contributed by atoms with Crippen molar-refractivity contribution in [3.05, 3.63) is 89.8 Å². The van der Waals surface area contributed by atoms with E-state index in [2.05, 4.69) is 25.1 Å². The molecule has 1 aliphatic rings. The van der Waals surface area contributed by atoms with Gasteiger partial charge in [-0.2, -0.15) is 4.99 Å². The van der Waals surface area contributed by atoms with E-state index in [4.69, 9.17) is 9.47 Å². The van der Waals surface area contributed by atoms with Gasteiger partial charge in [-0.05, 0) is 86.0 Å². The van der Waals surface area contributed by atoms with Crippen LogP contribution < -0.4 is 19.7 Å². The van der Waals surface area contributed by atoms with Crippen molar-refractivity contribution < 1.29 is 36.6 Å². The third-order valence-corrected chi connectivity index (χ3v) is 7.86. The number of amidine groups is 1. The summed E-state index contributed by atoms with van der Waals surface area (Å²) >= 11 is 1.35. The van der Waals surface area contributed by atoms with Crippen molar-refractivity contribution in [3.8, 4) is 17.2 Å².